The van der Waals surface area contributed by atoms with Gasteiger partial charge in [-0.05, 0) is 35.9 Å². The number of halogens is 2. The van der Waals surface area contributed by atoms with Crippen LogP contribution < -0.4 is 4.74 Å². The minimum absolute atomic E-state index is 0.0906. The second kappa shape index (κ2) is 6.90. The number of carboxylic acids is 1. The molecule has 0 aromatic heterocycles. The summed E-state index contributed by atoms with van der Waals surface area (Å²) >= 11 is 5.67. The molecule has 0 aliphatic rings. The van der Waals surface area contributed by atoms with Crippen LogP contribution in [0.2, 0.25) is 5.02 Å². The summed E-state index contributed by atoms with van der Waals surface area (Å²) in [7, 11) is 0. The number of carboxylic acid groups (broad SMARTS) is 1. The Labute approximate surface area is 126 Å². The van der Waals surface area contributed by atoms with Crippen LogP contribution in [0.15, 0.2) is 48.5 Å². The first-order valence-electron chi connectivity index (χ1n) is 6.12. The Morgan fingerprint density at radius 2 is 1.95 bits per heavy atom. The molecule has 2 aromatic carbocycles. The van der Waals surface area contributed by atoms with Crippen molar-refractivity contribution in [1.82, 2.24) is 0 Å². The van der Waals surface area contributed by atoms with Gasteiger partial charge in [0.1, 0.15) is 18.2 Å². The molecule has 0 aliphatic carbocycles. The molecule has 0 amide bonds. The van der Waals surface area contributed by atoms with E-state index in [2.05, 4.69) is 0 Å². The zero-order chi connectivity index (χ0) is 15.2. The molecule has 5 heteroatoms. The third kappa shape index (κ3) is 4.61. The summed E-state index contributed by atoms with van der Waals surface area (Å²) in [5.41, 5.74) is 1.15. The molecule has 3 nitrogen and oxygen atoms in total. The molecule has 0 saturated heterocycles. The molecule has 0 unspecified atom stereocenters. The van der Waals surface area contributed by atoms with Gasteiger partial charge in [-0.1, -0.05) is 29.8 Å². The highest BCUT2D eigenvalue weighted by Gasteiger charge is 2.04. The van der Waals surface area contributed by atoms with Gasteiger partial charge >= 0.3 is 5.97 Å². The van der Waals surface area contributed by atoms with Crippen molar-refractivity contribution in [3.05, 3.63) is 70.5 Å². The molecule has 0 atom stereocenters. The monoisotopic (exact) mass is 306 g/mol. The Balaban J connectivity index is 1.99. The van der Waals surface area contributed by atoms with Crippen molar-refractivity contribution >= 4 is 23.6 Å². The molecular weight excluding hydrogens is 295 g/mol. The number of rotatable bonds is 5. The number of ether oxygens (including phenoxy) is 1. The van der Waals surface area contributed by atoms with Crippen molar-refractivity contribution in [2.45, 2.75) is 6.61 Å². The van der Waals surface area contributed by atoms with Crippen LogP contribution in [-0.4, -0.2) is 11.1 Å². The SMILES string of the molecule is O=C(O)/C=C/c1ccc(OCc2ccc(Cl)cc2F)cc1. The van der Waals surface area contributed by atoms with E-state index in [4.69, 9.17) is 21.4 Å². The number of hydrogen-bond donors (Lipinski definition) is 1. The average Bonchev–Trinajstić information content (AvgIpc) is 2.45. The molecule has 2 rings (SSSR count). The van der Waals surface area contributed by atoms with Gasteiger partial charge in [0.2, 0.25) is 0 Å². The van der Waals surface area contributed by atoms with Gasteiger partial charge in [0, 0.05) is 16.7 Å². The fourth-order valence-corrected chi connectivity index (χ4v) is 1.80. The second-order valence-electron chi connectivity index (χ2n) is 4.27. The summed E-state index contributed by atoms with van der Waals surface area (Å²) in [6, 6.07) is 11.2. The van der Waals surface area contributed by atoms with Gasteiger partial charge in [0.05, 0.1) is 0 Å². The molecule has 0 radical (unpaired) electrons. The van der Waals surface area contributed by atoms with E-state index in [0.717, 1.165) is 11.6 Å². The Morgan fingerprint density at radius 1 is 1.24 bits per heavy atom. The molecular formula is C16H12ClFO3. The molecule has 0 bridgehead atoms. The zero-order valence-corrected chi connectivity index (χ0v) is 11.7. The molecule has 0 saturated carbocycles. The Hall–Kier alpha value is -2.33. The lowest BCUT2D eigenvalue weighted by atomic mass is 10.2. The standard InChI is InChI=1S/C16H12ClFO3/c17-13-5-4-12(15(18)9-13)10-21-14-6-1-11(2-7-14)3-8-16(19)20/h1-9H,10H2,(H,19,20)/b8-3+. The van der Waals surface area contributed by atoms with Crippen LogP contribution in [0.1, 0.15) is 11.1 Å². The Kier molecular flexibility index (Phi) is 4.95. The fourth-order valence-electron chi connectivity index (χ4n) is 1.64. The van der Waals surface area contributed by atoms with Gasteiger partial charge in [-0.3, -0.25) is 0 Å². The van der Waals surface area contributed by atoms with E-state index >= 15 is 0 Å². The topological polar surface area (TPSA) is 46.5 Å². The molecule has 0 aliphatic heterocycles. The van der Waals surface area contributed by atoms with Crippen LogP contribution in [-0.2, 0) is 11.4 Å². The number of carbonyl (C=O) groups is 1. The number of aliphatic carboxylic acids is 1. The molecule has 0 fully saturated rings. The maximum absolute atomic E-state index is 13.6. The van der Waals surface area contributed by atoms with E-state index in [1.165, 1.54) is 12.1 Å². The van der Waals surface area contributed by atoms with Gasteiger partial charge in [-0.2, -0.15) is 0 Å². The predicted molar refractivity (Wildman–Crippen MR) is 78.9 cm³/mol. The summed E-state index contributed by atoms with van der Waals surface area (Å²) in [5, 5.41) is 8.87. The third-order valence-corrected chi connectivity index (χ3v) is 2.94. The molecule has 0 spiro atoms. The third-order valence-electron chi connectivity index (χ3n) is 2.71. The van der Waals surface area contributed by atoms with E-state index < -0.39 is 11.8 Å². The van der Waals surface area contributed by atoms with E-state index in [1.807, 2.05) is 0 Å². The lowest BCUT2D eigenvalue weighted by Crippen LogP contribution is -1.98. The van der Waals surface area contributed by atoms with Crippen LogP contribution in [0.4, 0.5) is 4.39 Å². The first kappa shape index (κ1) is 15.1. The maximum Gasteiger partial charge on any atom is 0.328 e. The van der Waals surface area contributed by atoms with Gasteiger partial charge < -0.3 is 9.84 Å². The molecule has 2 aromatic rings. The first-order chi connectivity index (χ1) is 10.0. The van der Waals surface area contributed by atoms with Gasteiger partial charge in [0.15, 0.2) is 0 Å². The Morgan fingerprint density at radius 3 is 2.57 bits per heavy atom. The molecule has 21 heavy (non-hydrogen) atoms. The van der Waals surface area contributed by atoms with Crippen molar-refractivity contribution in [3.63, 3.8) is 0 Å². The average molecular weight is 307 g/mol. The van der Waals surface area contributed by atoms with E-state index in [0.29, 0.717) is 16.3 Å². The van der Waals surface area contributed by atoms with Crippen molar-refractivity contribution in [1.29, 1.82) is 0 Å². The van der Waals surface area contributed by atoms with Crippen LogP contribution in [0, 0.1) is 5.82 Å². The molecule has 0 heterocycles. The second-order valence-corrected chi connectivity index (χ2v) is 4.70. The van der Waals surface area contributed by atoms with Crippen LogP contribution >= 0.6 is 11.6 Å². The van der Waals surface area contributed by atoms with E-state index in [1.54, 1.807) is 36.4 Å². The summed E-state index contributed by atoms with van der Waals surface area (Å²) in [6.45, 7) is 0.0906. The predicted octanol–water partition coefficient (Wildman–Crippen LogP) is 4.16. The number of benzene rings is 2. The van der Waals surface area contributed by atoms with Gasteiger partial charge in [-0.15, -0.1) is 0 Å². The van der Waals surface area contributed by atoms with Crippen molar-refractivity contribution in [2.24, 2.45) is 0 Å². The van der Waals surface area contributed by atoms with Crippen molar-refractivity contribution < 1.29 is 19.0 Å². The van der Waals surface area contributed by atoms with Gasteiger partial charge in [0.25, 0.3) is 0 Å². The van der Waals surface area contributed by atoms with Crippen LogP contribution in [0.3, 0.4) is 0 Å². The lowest BCUT2D eigenvalue weighted by molar-refractivity contribution is -0.131. The summed E-state index contributed by atoms with van der Waals surface area (Å²) in [5.74, 6) is -0.853. The summed E-state index contributed by atoms with van der Waals surface area (Å²) in [4.78, 5) is 10.4. The van der Waals surface area contributed by atoms with E-state index in [-0.39, 0.29) is 6.61 Å². The molecule has 1 N–H and O–H groups in total. The highest BCUT2D eigenvalue weighted by Crippen LogP contribution is 2.18. The first-order valence-corrected chi connectivity index (χ1v) is 6.50. The normalized spacial score (nSPS) is 10.8. The van der Waals surface area contributed by atoms with Crippen molar-refractivity contribution in [2.75, 3.05) is 0 Å². The van der Waals surface area contributed by atoms with Crippen molar-refractivity contribution in [3.8, 4) is 5.75 Å². The smallest absolute Gasteiger partial charge is 0.328 e. The number of hydrogen-bond acceptors (Lipinski definition) is 2. The van der Waals surface area contributed by atoms with E-state index in [9.17, 15) is 9.18 Å². The molecule has 108 valence electrons. The Bertz CT molecular complexity index is 666. The maximum atomic E-state index is 13.6. The summed E-state index contributed by atoms with van der Waals surface area (Å²) < 4.78 is 19.0. The largest absolute Gasteiger partial charge is 0.489 e. The minimum atomic E-state index is -1.01. The van der Waals surface area contributed by atoms with Crippen LogP contribution in [0.25, 0.3) is 6.08 Å². The van der Waals surface area contributed by atoms with Crippen LogP contribution in [0.5, 0.6) is 5.75 Å². The zero-order valence-electron chi connectivity index (χ0n) is 10.9. The van der Waals surface area contributed by atoms with Gasteiger partial charge in [-0.25, -0.2) is 9.18 Å². The highest BCUT2D eigenvalue weighted by molar-refractivity contribution is 6.30. The quantitative estimate of drug-likeness (QED) is 0.844. The lowest BCUT2D eigenvalue weighted by Gasteiger charge is -2.07. The minimum Gasteiger partial charge on any atom is -0.489 e. The summed E-state index contributed by atoms with van der Waals surface area (Å²) in [6.07, 6.45) is 2.53. The highest BCUT2D eigenvalue weighted by atomic mass is 35.5. The fraction of sp³-hybridized carbons (Fsp3) is 0.0625.